The van der Waals surface area contributed by atoms with Crippen molar-refractivity contribution in [3.63, 3.8) is 0 Å². The second kappa shape index (κ2) is 4.70. The fourth-order valence-corrected chi connectivity index (χ4v) is 0.365. The van der Waals surface area contributed by atoms with Gasteiger partial charge in [0, 0.05) is 6.92 Å². The highest BCUT2D eigenvalue weighted by Gasteiger charge is 1.99. The molecule has 0 saturated heterocycles. The van der Waals surface area contributed by atoms with Crippen molar-refractivity contribution in [2.24, 2.45) is 4.99 Å². The van der Waals surface area contributed by atoms with Gasteiger partial charge >= 0.3 is 5.97 Å². The highest BCUT2D eigenvalue weighted by atomic mass is 16.5. The van der Waals surface area contributed by atoms with Crippen LogP contribution in [0.3, 0.4) is 0 Å². The van der Waals surface area contributed by atoms with Crippen molar-refractivity contribution in [1.82, 2.24) is 0 Å². The van der Waals surface area contributed by atoms with Gasteiger partial charge in [-0.25, -0.2) is 4.79 Å². The fraction of sp³-hybridized carbons (Fsp3) is 0.667. The summed E-state index contributed by atoms with van der Waals surface area (Å²) in [7, 11) is 0. The summed E-state index contributed by atoms with van der Waals surface area (Å²) in [6.45, 7) is 3.11. The quantitative estimate of drug-likeness (QED) is 0.324. The molecule has 1 atom stereocenters. The molecule has 0 rings (SSSR count). The summed E-state index contributed by atoms with van der Waals surface area (Å²) >= 11 is 0. The molecule has 56 valence electrons. The van der Waals surface area contributed by atoms with Crippen molar-refractivity contribution in [3.05, 3.63) is 0 Å². The molecule has 0 aromatic heterocycles. The highest BCUT2D eigenvalue weighted by molar-refractivity contribution is 5.65. The molecule has 0 heterocycles. The van der Waals surface area contributed by atoms with Crippen LogP contribution in [0.15, 0.2) is 4.99 Å². The van der Waals surface area contributed by atoms with Crippen LogP contribution in [0.25, 0.3) is 0 Å². The van der Waals surface area contributed by atoms with Crippen LogP contribution in [0.4, 0.5) is 0 Å². The van der Waals surface area contributed by atoms with Gasteiger partial charge in [-0.2, -0.15) is 4.99 Å². The smallest absolute Gasteiger partial charge is 0.302 e. The Balaban J connectivity index is 3.48. The molecule has 0 radical (unpaired) electrons. The molecule has 0 saturated carbocycles. The van der Waals surface area contributed by atoms with Gasteiger partial charge in [0.2, 0.25) is 6.08 Å². The van der Waals surface area contributed by atoms with Crippen molar-refractivity contribution in [3.8, 4) is 0 Å². The second-order valence-electron chi connectivity index (χ2n) is 1.87. The number of hydrogen-bond acceptors (Lipinski definition) is 4. The van der Waals surface area contributed by atoms with Crippen LogP contribution in [-0.2, 0) is 14.3 Å². The van der Waals surface area contributed by atoms with Gasteiger partial charge in [-0.1, -0.05) is 0 Å². The molecule has 0 spiro atoms. The molecule has 0 aromatic carbocycles. The van der Waals surface area contributed by atoms with E-state index in [1.165, 1.54) is 13.0 Å². The minimum absolute atomic E-state index is 0.143. The normalized spacial score (nSPS) is 11.4. The van der Waals surface area contributed by atoms with E-state index in [0.717, 1.165) is 0 Å². The second-order valence-corrected chi connectivity index (χ2v) is 1.87. The molecule has 0 aliphatic heterocycles. The van der Waals surface area contributed by atoms with Crippen LogP contribution >= 0.6 is 0 Å². The average Bonchev–Trinajstić information content (AvgIpc) is 1.85. The summed E-state index contributed by atoms with van der Waals surface area (Å²) in [6, 6.07) is -0.290. The largest absolute Gasteiger partial charge is 0.464 e. The lowest BCUT2D eigenvalue weighted by Gasteiger charge is -2.02. The minimum atomic E-state index is -0.368. The van der Waals surface area contributed by atoms with Gasteiger partial charge in [-0.05, 0) is 6.92 Å². The van der Waals surface area contributed by atoms with E-state index in [0.29, 0.717) is 0 Å². The van der Waals surface area contributed by atoms with E-state index < -0.39 is 0 Å². The van der Waals surface area contributed by atoms with Crippen molar-refractivity contribution >= 4 is 12.0 Å². The summed E-state index contributed by atoms with van der Waals surface area (Å²) in [6.07, 6.45) is 1.37. The topological polar surface area (TPSA) is 55.7 Å². The maximum atomic E-state index is 10.2. The molecule has 4 heteroatoms. The Hall–Kier alpha value is -1.15. The first kappa shape index (κ1) is 8.85. The molecule has 10 heavy (non-hydrogen) atoms. The maximum Gasteiger partial charge on any atom is 0.302 e. The standard InChI is InChI=1S/C6H9NO3/c1-5(7-4-8)3-10-6(2)9/h5H,3H2,1-2H3/t5-/m1/s1. The molecule has 0 aliphatic carbocycles. The number of rotatable bonds is 3. The van der Waals surface area contributed by atoms with Crippen LogP contribution < -0.4 is 0 Å². The number of isocyanates is 1. The first-order valence-corrected chi connectivity index (χ1v) is 2.87. The predicted molar refractivity (Wildman–Crippen MR) is 34.2 cm³/mol. The van der Waals surface area contributed by atoms with E-state index in [2.05, 4.69) is 9.73 Å². The molecular weight excluding hydrogens is 134 g/mol. The Labute approximate surface area is 58.9 Å². The van der Waals surface area contributed by atoms with Crippen molar-refractivity contribution in [2.75, 3.05) is 6.61 Å². The van der Waals surface area contributed by atoms with Gasteiger partial charge in [0.15, 0.2) is 0 Å². The van der Waals surface area contributed by atoms with Crippen molar-refractivity contribution in [2.45, 2.75) is 19.9 Å². The molecule has 0 unspecified atom stereocenters. The van der Waals surface area contributed by atoms with Gasteiger partial charge in [-0.15, -0.1) is 0 Å². The average molecular weight is 143 g/mol. The third kappa shape index (κ3) is 5.00. The summed E-state index contributed by atoms with van der Waals surface area (Å²) in [5.41, 5.74) is 0. The zero-order valence-corrected chi connectivity index (χ0v) is 5.96. The fourth-order valence-electron chi connectivity index (χ4n) is 0.365. The van der Waals surface area contributed by atoms with Gasteiger partial charge < -0.3 is 4.74 Å². The number of carbonyl (C=O) groups is 1. The molecule has 0 N–H and O–H groups in total. The van der Waals surface area contributed by atoms with Crippen molar-refractivity contribution < 1.29 is 14.3 Å². The Morgan fingerprint density at radius 3 is 2.80 bits per heavy atom. The van der Waals surface area contributed by atoms with E-state index in [-0.39, 0.29) is 18.6 Å². The molecule has 0 fully saturated rings. The van der Waals surface area contributed by atoms with E-state index >= 15 is 0 Å². The third-order valence-electron chi connectivity index (χ3n) is 0.801. The van der Waals surface area contributed by atoms with Crippen LogP contribution in [-0.4, -0.2) is 24.7 Å². The number of esters is 1. The number of aliphatic imine (C=N–C) groups is 1. The van der Waals surface area contributed by atoms with Crippen molar-refractivity contribution in [1.29, 1.82) is 0 Å². The Morgan fingerprint density at radius 1 is 1.80 bits per heavy atom. The molecule has 0 aliphatic rings. The van der Waals surface area contributed by atoms with Crippen LogP contribution in [0.1, 0.15) is 13.8 Å². The molecular formula is C6H9NO3. The summed E-state index contributed by atoms with van der Waals surface area (Å²) < 4.78 is 4.54. The zero-order valence-electron chi connectivity index (χ0n) is 5.96. The van der Waals surface area contributed by atoms with Crippen LogP contribution in [0, 0.1) is 0 Å². The third-order valence-corrected chi connectivity index (χ3v) is 0.801. The summed E-state index contributed by atoms with van der Waals surface area (Å²) in [4.78, 5) is 23.1. The van der Waals surface area contributed by atoms with Gasteiger partial charge in [-0.3, -0.25) is 4.79 Å². The Kier molecular flexibility index (Phi) is 4.16. The van der Waals surface area contributed by atoms with Gasteiger partial charge in [0.1, 0.15) is 6.61 Å². The number of hydrogen-bond donors (Lipinski definition) is 0. The van der Waals surface area contributed by atoms with E-state index in [9.17, 15) is 9.59 Å². The predicted octanol–water partition coefficient (Wildman–Crippen LogP) is 0.274. The summed E-state index contributed by atoms with van der Waals surface area (Å²) in [5, 5.41) is 0. The first-order valence-electron chi connectivity index (χ1n) is 2.87. The zero-order chi connectivity index (χ0) is 7.98. The molecule has 4 nitrogen and oxygen atoms in total. The number of carbonyl (C=O) groups excluding carboxylic acids is 2. The SMILES string of the molecule is CC(=O)OC[C@@H](C)N=C=O. The van der Waals surface area contributed by atoms with Crippen LogP contribution in [0.5, 0.6) is 0 Å². The summed E-state index contributed by atoms with van der Waals surface area (Å²) in [5.74, 6) is -0.368. The lowest BCUT2D eigenvalue weighted by molar-refractivity contribution is -0.141. The lowest BCUT2D eigenvalue weighted by Crippen LogP contribution is -2.11. The molecule has 0 amide bonds. The molecule has 0 bridgehead atoms. The van der Waals surface area contributed by atoms with Gasteiger partial charge in [0.05, 0.1) is 6.04 Å². The minimum Gasteiger partial charge on any atom is -0.464 e. The van der Waals surface area contributed by atoms with Gasteiger partial charge in [0.25, 0.3) is 0 Å². The number of ether oxygens (including phenoxy) is 1. The Morgan fingerprint density at radius 2 is 2.40 bits per heavy atom. The van der Waals surface area contributed by atoms with E-state index in [4.69, 9.17) is 0 Å². The Bertz CT molecular complexity index is 160. The van der Waals surface area contributed by atoms with E-state index in [1.54, 1.807) is 6.92 Å². The maximum absolute atomic E-state index is 10.2. The number of nitrogens with zero attached hydrogens (tertiary/aromatic N) is 1. The highest BCUT2D eigenvalue weighted by Crippen LogP contribution is 1.88. The first-order chi connectivity index (χ1) is 4.66. The van der Waals surface area contributed by atoms with Crippen LogP contribution in [0.2, 0.25) is 0 Å². The monoisotopic (exact) mass is 143 g/mol. The lowest BCUT2D eigenvalue weighted by atomic mass is 10.4. The van der Waals surface area contributed by atoms with E-state index in [1.807, 2.05) is 0 Å². The molecule has 0 aromatic rings.